The summed E-state index contributed by atoms with van der Waals surface area (Å²) in [4.78, 5) is 4.70. The van der Waals surface area contributed by atoms with Gasteiger partial charge in [0.05, 0.1) is 12.1 Å². The molecule has 0 saturated carbocycles. The first-order valence-electron chi connectivity index (χ1n) is 6.95. The molecule has 0 aromatic heterocycles. The van der Waals surface area contributed by atoms with Crippen molar-refractivity contribution in [2.45, 2.75) is 25.4 Å². The molecule has 0 spiro atoms. The highest BCUT2D eigenvalue weighted by atomic mass is 35.5. The van der Waals surface area contributed by atoms with Crippen molar-refractivity contribution in [2.75, 3.05) is 34.3 Å². The second kappa shape index (κ2) is 6.66. The molecule has 112 valence electrons. The molecule has 4 nitrogen and oxygen atoms in total. The van der Waals surface area contributed by atoms with Gasteiger partial charge in [-0.1, -0.05) is 11.6 Å². The fourth-order valence-electron chi connectivity index (χ4n) is 2.84. The first-order valence-corrected chi connectivity index (χ1v) is 7.33. The number of halogens is 1. The molecule has 1 unspecified atom stereocenters. The van der Waals surface area contributed by atoms with Crippen LogP contribution in [0, 0.1) is 0 Å². The predicted octanol–water partition coefficient (Wildman–Crippen LogP) is 2.58. The van der Waals surface area contributed by atoms with E-state index in [1.54, 1.807) is 7.11 Å². The summed E-state index contributed by atoms with van der Waals surface area (Å²) in [6.45, 7) is 3.02. The van der Waals surface area contributed by atoms with Crippen LogP contribution in [0.4, 0.5) is 0 Å². The lowest BCUT2D eigenvalue weighted by atomic mass is 10.1. The third-order valence-electron chi connectivity index (χ3n) is 3.77. The Hall–Kier alpha value is -0.970. The fourth-order valence-corrected chi connectivity index (χ4v) is 3.07. The Morgan fingerprint density at radius 2 is 2.20 bits per heavy atom. The maximum Gasteiger partial charge on any atom is 0.176 e. The van der Waals surface area contributed by atoms with E-state index in [4.69, 9.17) is 16.3 Å². The molecule has 0 radical (unpaired) electrons. The summed E-state index contributed by atoms with van der Waals surface area (Å²) in [7, 11) is 5.76. The first-order chi connectivity index (χ1) is 9.51. The summed E-state index contributed by atoms with van der Waals surface area (Å²) in [5.74, 6) is 0.458. The van der Waals surface area contributed by atoms with Crippen molar-refractivity contribution in [3.63, 3.8) is 0 Å². The van der Waals surface area contributed by atoms with E-state index in [9.17, 15) is 5.11 Å². The zero-order valence-electron chi connectivity index (χ0n) is 12.4. The molecular formula is C15H23ClN2O2. The average Bonchev–Trinajstić information content (AvgIpc) is 2.80. The van der Waals surface area contributed by atoms with E-state index in [1.165, 1.54) is 12.8 Å². The van der Waals surface area contributed by atoms with Gasteiger partial charge in [0.25, 0.3) is 0 Å². The van der Waals surface area contributed by atoms with Gasteiger partial charge in [0.2, 0.25) is 0 Å². The summed E-state index contributed by atoms with van der Waals surface area (Å²) in [5, 5.41) is 10.1. The van der Waals surface area contributed by atoms with E-state index in [0.717, 1.165) is 25.2 Å². The summed E-state index contributed by atoms with van der Waals surface area (Å²) in [6.07, 6.45) is 2.47. The van der Waals surface area contributed by atoms with Crippen molar-refractivity contribution < 1.29 is 9.84 Å². The van der Waals surface area contributed by atoms with Crippen LogP contribution in [0.3, 0.4) is 0 Å². The molecule has 1 saturated heterocycles. The number of phenolic OH excluding ortho intramolecular Hbond substituents is 1. The molecule has 5 heteroatoms. The molecule has 0 bridgehead atoms. The summed E-state index contributed by atoms with van der Waals surface area (Å²) in [6, 6.07) is 4.28. The predicted molar refractivity (Wildman–Crippen MR) is 81.7 cm³/mol. The van der Waals surface area contributed by atoms with Crippen LogP contribution in [0.25, 0.3) is 0 Å². The minimum absolute atomic E-state index is 0.0178. The number of likely N-dealkylation sites (N-methyl/N-ethyl adjacent to an activating group) is 1. The number of phenols is 1. The number of likely N-dealkylation sites (tertiary alicyclic amines) is 1. The highest BCUT2D eigenvalue weighted by Crippen LogP contribution is 2.35. The van der Waals surface area contributed by atoms with Crippen LogP contribution in [0.2, 0.25) is 5.02 Å². The Labute approximate surface area is 125 Å². The number of nitrogens with zero attached hydrogens (tertiary/aromatic N) is 2. The molecule has 1 fully saturated rings. The van der Waals surface area contributed by atoms with Gasteiger partial charge in [0.15, 0.2) is 11.5 Å². The maximum absolute atomic E-state index is 9.78. The number of rotatable bonds is 5. The first kappa shape index (κ1) is 15.4. The number of ether oxygens (including phenoxy) is 1. The Bertz CT molecular complexity index is 465. The minimum Gasteiger partial charge on any atom is -0.503 e. The van der Waals surface area contributed by atoms with Crippen molar-refractivity contribution >= 4 is 11.6 Å². The number of aromatic hydroxyl groups is 1. The highest BCUT2D eigenvalue weighted by Gasteiger charge is 2.25. The molecule has 0 amide bonds. The van der Waals surface area contributed by atoms with E-state index in [-0.39, 0.29) is 5.75 Å². The van der Waals surface area contributed by atoms with Crippen molar-refractivity contribution in [2.24, 2.45) is 0 Å². The second-order valence-corrected chi connectivity index (χ2v) is 6.06. The van der Waals surface area contributed by atoms with Gasteiger partial charge in [-0.2, -0.15) is 0 Å². The van der Waals surface area contributed by atoms with Crippen molar-refractivity contribution in [3.8, 4) is 11.5 Å². The van der Waals surface area contributed by atoms with Gasteiger partial charge in [-0.3, -0.25) is 4.90 Å². The lowest BCUT2D eigenvalue weighted by Crippen LogP contribution is -2.37. The molecule has 1 N–H and O–H groups in total. The quantitative estimate of drug-likeness (QED) is 0.906. The monoisotopic (exact) mass is 298 g/mol. The second-order valence-electron chi connectivity index (χ2n) is 5.66. The van der Waals surface area contributed by atoms with Gasteiger partial charge in [-0.25, -0.2) is 0 Å². The Balaban J connectivity index is 2.11. The standard InChI is InChI=1S/C15H23ClN2O2/c1-17(2)10-12-5-4-6-18(12)9-11-7-13(16)15(19)14(8-11)20-3/h7-8,12,19H,4-6,9-10H2,1-3H3. The largest absolute Gasteiger partial charge is 0.503 e. The Kier molecular flexibility index (Phi) is 5.13. The lowest BCUT2D eigenvalue weighted by Gasteiger charge is -2.27. The number of hydrogen-bond acceptors (Lipinski definition) is 4. The third kappa shape index (κ3) is 3.57. The van der Waals surface area contributed by atoms with Crippen molar-refractivity contribution in [1.29, 1.82) is 0 Å². The smallest absolute Gasteiger partial charge is 0.176 e. The molecule has 1 heterocycles. The fraction of sp³-hybridized carbons (Fsp3) is 0.600. The number of methoxy groups -OCH3 is 1. The number of benzene rings is 1. The van der Waals surface area contributed by atoms with Crippen LogP contribution in [0.15, 0.2) is 12.1 Å². The van der Waals surface area contributed by atoms with Gasteiger partial charge in [0.1, 0.15) is 0 Å². The average molecular weight is 299 g/mol. The van der Waals surface area contributed by atoms with Gasteiger partial charge in [-0.05, 0) is 51.2 Å². The summed E-state index contributed by atoms with van der Waals surface area (Å²) < 4.78 is 5.16. The van der Waals surface area contributed by atoms with Gasteiger partial charge in [-0.15, -0.1) is 0 Å². The van der Waals surface area contributed by atoms with Crippen LogP contribution in [0.1, 0.15) is 18.4 Å². The highest BCUT2D eigenvalue weighted by molar-refractivity contribution is 6.32. The zero-order chi connectivity index (χ0) is 14.7. The SMILES string of the molecule is COc1cc(CN2CCCC2CN(C)C)cc(Cl)c1O. The Morgan fingerprint density at radius 1 is 1.45 bits per heavy atom. The summed E-state index contributed by atoms with van der Waals surface area (Å²) in [5.41, 5.74) is 1.08. The van der Waals surface area contributed by atoms with Crippen LogP contribution < -0.4 is 4.74 Å². The van der Waals surface area contributed by atoms with Gasteiger partial charge < -0.3 is 14.7 Å². The maximum atomic E-state index is 9.78. The zero-order valence-corrected chi connectivity index (χ0v) is 13.2. The van der Waals surface area contributed by atoms with Crippen molar-refractivity contribution in [1.82, 2.24) is 9.80 Å². The molecule has 2 rings (SSSR count). The van der Waals surface area contributed by atoms with Crippen molar-refractivity contribution in [3.05, 3.63) is 22.7 Å². The van der Waals surface area contributed by atoms with Gasteiger partial charge in [0, 0.05) is 19.1 Å². The van der Waals surface area contributed by atoms with E-state index >= 15 is 0 Å². The molecule has 0 aliphatic carbocycles. The number of hydrogen-bond donors (Lipinski definition) is 1. The van der Waals surface area contributed by atoms with Crippen LogP contribution in [0.5, 0.6) is 11.5 Å². The third-order valence-corrected chi connectivity index (χ3v) is 4.06. The molecular weight excluding hydrogens is 276 g/mol. The molecule has 1 atom stereocenters. The van der Waals surface area contributed by atoms with E-state index in [1.807, 2.05) is 12.1 Å². The van der Waals surface area contributed by atoms with Crippen LogP contribution in [-0.2, 0) is 6.54 Å². The van der Waals surface area contributed by atoms with E-state index in [2.05, 4.69) is 23.9 Å². The minimum atomic E-state index is 0.0178. The Morgan fingerprint density at radius 3 is 2.85 bits per heavy atom. The normalized spacial score (nSPS) is 19.8. The van der Waals surface area contributed by atoms with E-state index in [0.29, 0.717) is 16.8 Å². The van der Waals surface area contributed by atoms with Crippen LogP contribution >= 0.6 is 11.6 Å². The molecule has 20 heavy (non-hydrogen) atoms. The van der Waals surface area contributed by atoms with Gasteiger partial charge >= 0.3 is 0 Å². The lowest BCUT2D eigenvalue weighted by molar-refractivity contribution is 0.201. The molecule has 1 aliphatic rings. The molecule has 1 aromatic carbocycles. The molecule has 1 aliphatic heterocycles. The topological polar surface area (TPSA) is 35.9 Å². The summed E-state index contributed by atoms with van der Waals surface area (Å²) >= 11 is 6.05. The van der Waals surface area contributed by atoms with E-state index < -0.39 is 0 Å². The van der Waals surface area contributed by atoms with Crippen LogP contribution in [-0.4, -0.2) is 55.2 Å². The molecule has 1 aromatic rings.